The highest BCUT2D eigenvalue weighted by atomic mass is 19.2. The summed E-state index contributed by atoms with van der Waals surface area (Å²) < 4.78 is 65.5. The average Bonchev–Trinajstić information content (AvgIpc) is 3.44. The first-order valence-electron chi connectivity index (χ1n) is 9.61. The van der Waals surface area contributed by atoms with Crippen molar-refractivity contribution in [3.8, 4) is 5.75 Å². The van der Waals surface area contributed by atoms with Gasteiger partial charge in [0.25, 0.3) is 5.91 Å². The van der Waals surface area contributed by atoms with Crippen LogP contribution >= 0.6 is 0 Å². The molecular weight excluding hydrogens is 444 g/mol. The Morgan fingerprint density at radius 3 is 2.55 bits per heavy atom. The highest BCUT2D eigenvalue weighted by molar-refractivity contribution is 6.01. The van der Waals surface area contributed by atoms with Crippen molar-refractivity contribution < 1.29 is 31.5 Å². The van der Waals surface area contributed by atoms with E-state index < -0.39 is 41.5 Å². The van der Waals surface area contributed by atoms with Crippen LogP contribution in [0.4, 0.5) is 23.5 Å². The van der Waals surface area contributed by atoms with Crippen LogP contribution in [0.3, 0.4) is 0 Å². The van der Waals surface area contributed by atoms with Gasteiger partial charge < -0.3 is 9.15 Å². The van der Waals surface area contributed by atoms with Crippen molar-refractivity contribution in [2.45, 2.75) is 20.1 Å². The van der Waals surface area contributed by atoms with Crippen molar-refractivity contribution in [2.75, 3.05) is 5.32 Å². The molecule has 0 saturated carbocycles. The van der Waals surface area contributed by atoms with Crippen LogP contribution in [0, 0.1) is 30.2 Å². The summed E-state index contributed by atoms with van der Waals surface area (Å²) in [5, 5.41) is 6.65. The summed E-state index contributed by atoms with van der Waals surface area (Å²) in [5.74, 6) is -8.58. The first-order valence-corrected chi connectivity index (χ1v) is 9.61. The van der Waals surface area contributed by atoms with Crippen molar-refractivity contribution in [3.05, 3.63) is 94.7 Å². The average molecular weight is 460 g/mol. The molecule has 0 saturated heterocycles. The summed E-state index contributed by atoms with van der Waals surface area (Å²) in [7, 11) is 0. The zero-order valence-electron chi connectivity index (χ0n) is 17.1. The number of aromatic nitrogens is 3. The van der Waals surface area contributed by atoms with Gasteiger partial charge in [0.15, 0.2) is 23.1 Å². The second-order valence-corrected chi connectivity index (χ2v) is 7.00. The zero-order valence-corrected chi connectivity index (χ0v) is 17.1. The minimum Gasteiger partial charge on any atom is -0.479 e. The molecule has 33 heavy (non-hydrogen) atoms. The predicted octanol–water partition coefficient (Wildman–Crippen LogP) is 4.62. The molecule has 11 heteroatoms. The normalized spacial score (nSPS) is 10.9. The van der Waals surface area contributed by atoms with Crippen LogP contribution in [0.2, 0.25) is 0 Å². The maximum absolute atomic E-state index is 13.7. The topological polar surface area (TPSA) is 82.2 Å². The van der Waals surface area contributed by atoms with E-state index in [1.54, 1.807) is 4.68 Å². The highest BCUT2D eigenvalue weighted by Gasteiger charge is 2.21. The van der Waals surface area contributed by atoms with E-state index in [4.69, 9.17) is 9.15 Å². The van der Waals surface area contributed by atoms with Crippen LogP contribution in [0.15, 0.2) is 53.2 Å². The van der Waals surface area contributed by atoms with Gasteiger partial charge in [0.2, 0.25) is 17.6 Å². The number of furan rings is 1. The van der Waals surface area contributed by atoms with Crippen LogP contribution in [0.1, 0.15) is 27.4 Å². The Morgan fingerprint density at radius 2 is 1.82 bits per heavy atom. The smallest absolute Gasteiger partial charge is 0.293 e. The van der Waals surface area contributed by atoms with E-state index >= 15 is 0 Å². The Kier molecular flexibility index (Phi) is 6.11. The molecule has 0 atom stereocenters. The van der Waals surface area contributed by atoms with Gasteiger partial charge in [-0.2, -0.15) is 8.78 Å². The molecule has 0 radical (unpaired) electrons. The molecule has 2 aromatic carbocycles. The van der Waals surface area contributed by atoms with Crippen molar-refractivity contribution in [3.63, 3.8) is 0 Å². The number of rotatable bonds is 7. The number of carbonyl (C=O) groups excluding carboxylic acids is 1. The minimum absolute atomic E-state index is 0.0124. The number of halogens is 4. The van der Waals surface area contributed by atoms with Gasteiger partial charge in [0.1, 0.15) is 18.7 Å². The molecule has 0 aliphatic rings. The third-order valence-corrected chi connectivity index (χ3v) is 4.67. The predicted molar refractivity (Wildman–Crippen MR) is 108 cm³/mol. The lowest BCUT2D eigenvalue weighted by atomic mass is 10.1. The molecule has 4 rings (SSSR count). The van der Waals surface area contributed by atoms with Gasteiger partial charge in [0.05, 0.1) is 6.54 Å². The van der Waals surface area contributed by atoms with E-state index in [9.17, 15) is 22.4 Å². The SMILES string of the molecule is Cc1ccccc1Cn1cnc(NC(=O)c2ccc(COc3c(F)c(F)cc(F)c3F)o2)n1. The summed E-state index contributed by atoms with van der Waals surface area (Å²) >= 11 is 0. The fourth-order valence-electron chi connectivity index (χ4n) is 2.95. The number of hydrogen-bond donors (Lipinski definition) is 1. The Labute approximate surface area is 184 Å². The Balaban J connectivity index is 1.38. The van der Waals surface area contributed by atoms with Gasteiger partial charge >= 0.3 is 0 Å². The molecule has 170 valence electrons. The number of ether oxygens (including phenoxy) is 1. The van der Waals surface area contributed by atoms with Crippen molar-refractivity contribution in [2.24, 2.45) is 0 Å². The quantitative estimate of drug-likeness (QED) is 0.322. The van der Waals surface area contributed by atoms with Gasteiger partial charge in [-0.1, -0.05) is 24.3 Å². The summed E-state index contributed by atoms with van der Waals surface area (Å²) in [5.41, 5.74) is 2.13. The Bertz CT molecular complexity index is 1290. The van der Waals surface area contributed by atoms with Gasteiger partial charge in [-0.15, -0.1) is 5.10 Å². The standard InChI is InChI=1S/C22H16F4N4O3/c1-12-4-2-3-5-13(12)9-30-11-27-22(29-30)28-21(31)17-7-6-14(33-17)10-32-20-18(25)15(23)8-16(24)19(20)26/h2-8,11H,9-10H2,1H3,(H,28,29,31). The number of benzene rings is 2. The van der Waals surface area contributed by atoms with Crippen molar-refractivity contribution in [1.29, 1.82) is 0 Å². The van der Waals surface area contributed by atoms with Gasteiger partial charge in [-0.05, 0) is 30.2 Å². The van der Waals surface area contributed by atoms with E-state index in [0.717, 1.165) is 11.1 Å². The molecule has 0 bridgehead atoms. The number of nitrogens with zero attached hydrogens (tertiary/aromatic N) is 3. The number of carbonyl (C=O) groups is 1. The largest absolute Gasteiger partial charge is 0.479 e. The fraction of sp³-hybridized carbons (Fsp3) is 0.136. The first kappa shape index (κ1) is 22.1. The van der Waals surface area contributed by atoms with Crippen molar-refractivity contribution in [1.82, 2.24) is 14.8 Å². The van der Waals surface area contributed by atoms with Crippen LogP contribution in [0.25, 0.3) is 0 Å². The molecule has 1 amide bonds. The van der Waals surface area contributed by atoms with E-state index in [2.05, 4.69) is 15.4 Å². The van der Waals surface area contributed by atoms with E-state index in [1.165, 1.54) is 18.5 Å². The second kappa shape index (κ2) is 9.15. The lowest BCUT2D eigenvalue weighted by molar-refractivity contribution is 0.0991. The number of amides is 1. The van der Waals surface area contributed by atoms with E-state index in [1.807, 2.05) is 31.2 Å². The molecule has 0 aliphatic heterocycles. The molecule has 0 aliphatic carbocycles. The molecule has 2 aromatic heterocycles. The molecule has 4 aromatic rings. The van der Waals surface area contributed by atoms with Crippen LogP contribution in [0.5, 0.6) is 5.75 Å². The zero-order chi connectivity index (χ0) is 23.5. The lowest BCUT2D eigenvalue weighted by Crippen LogP contribution is -2.13. The van der Waals surface area contributed by atoms with Gasteiger partial charge in [0, 0.05) is 6.07 Å². The number of anilines is 1. The fourth-order valence-corrected chi connectivity index (χ4v) is 2.95. The first-order chi connectivity index (χ1) is 15.8. The maximum Gasteiger partial charge on any atom is 0.293 e. The molecular formula is C22H16F4N4O3. The molecule has 7 nitrogen and oxygen atoms in total. The summed E-state index contributed by atoms with van der Waals surface area (Å²) in [6, 6.07) is 10.4. The van der Waals surface area contributed by atoms with Crippen LogP contribution in [-0.2, 0) is 13.2 Å². The summed E-state index contributed by atoms with van der Waals surface area (Å²) in [6.45, 7) is 1.86. The molecule has 0 fully saturated rings. The summed E-state index contributed by atoms with van der Waals surface area (Å²) in [4.78, 5) is 16.4. The number of hydrogen-bond acceptors (Lipinski definition) is 5. The third-order valence-electron chi connectivity index (χ3n) is 4.67. The second-order valence-electron chi connectivity index (χ2n) is 7.00. The Hall–Kier alpha value is -4.15. The molecule has 0 spiro atoms. The van der Waals surface area contributed by atoms with Gasteiger partial charge in [-0.3, -0.25) is 10.1 Å². The number of nitrogens with one attached hydrogen (secondary N) is 1. The van der Waals surface area contributed by atoms with Gasteiger partial charge in [-0.25, -0.2) is 18.4 Å². The van der Waals surface area contributed by atoms with E-state index in [-0.39, 0.29) is 23.5 Å². The van der Waals surface area contributed by atoms with Crippen LogP contribution in [-0.4, -0.2) is 20.7 Å². The number of aryl methyl sites for hydroxylation is 1. The maximum atomic E-state index is 13.7. The van der Waals surface area contributed by atoms with Crippen LogP contribution < -0.4 is 10.1 Å². The molecule has 2 heterocycles. The monoisotopic (exact) mass is 460 g/mol. The Morgan fingerprint density at radius 1 is 1.09 bits per heavy atom. The summed E-state index contributed by atoms with van der Waals surface area (Å²) in [6.07, 6.45) is 1.46. The minimum atomic E-state index is -1.68. The van der Waals surface area contributed by atoms with Crippen molar-refractivity contribution >= 4 is 11.9 Å². The third kappa shape index (κ3) is 4.86. The highest BCUT2D eigenvalue weighted by Crippen LogP contribution is 2.27. The van der Waals surface area contributed by atoms with E-state index in [0.29, 0.717) is 6.54 Å². The molecule has 0 unspecified atom stereocenters. The lowest BCUT2D eigenvalue weighted by Gasteiger charge is -2.08. The molecule has 1 N–H and O–H groups in total.